The average Bonchev–Trinajstić information content (AvgIpc) is 3.26. The van der Waals surface area contributed by atoms with E-state index in [0.29, 0.717) is 5.78 Å². The van der Waals surface area contributed by atoms with Crippen LogP contribution in [0.1, 0.15) is 54.2 Å². The van der Waals surface area contributed by atoms with Gasteiger partial charge in [-0.1, -0.05) is 37.6 Å². The molecule has 1 unspecified atom stereocenters. The predicted octanol–water partition coefficient (Wildman–Crippen LogP) is 4.05. The smallest absolute Gasteiger partial charge is 0.179 e. The van der Waals surface area contributed by atoms with Gasteiger partial charge in [-0.25, -0.2) is 0 Å². The molecule has 1 saturated heterocycles. The summed E-state index contributed by atoms with van der Waals surface area (Å²) < 4.78 is 0. The largest absolute Gasteiger partial charge is 0.365 e. The number of hydrogen-bond donors (Lipinski definition) is 1. The summed E-state index contributed by atoms with van der Waals surface area (Å²) in [6.07, 6.45) is 7.29. The monoisotopic (exact) mass is 310 g/mol. The zero-order valence-corrected chi connectivity index (χ0v) is 13.9. The summed E-state index contributed by atoms with van der Waals surface area (Å²) in [7, 11) is 0. The van der Waals surface area contributed by atoms with Crippen LogP contribution < -0.4 is 0 Å². The van der Waals surface area contributed by atoms with Gasteiger partial charge in [-0.3, -0.25) is 9.69 Å². The van der Waals surface area contributed by atoms with Crippen LogP contribution in [0.3, 0.4) is 0 Å². The van der Waals surface area contributed by atoms with Crippen LogP contribution in [0.25, 0.3) is 0 Å². The number of likely N-dealkylation sites (tertiary alicyclic amines) is 1. The van der Waals surface area contributed by atoms with Gasteiger partial charge in [0.1, 0.15) is 0 Å². The second-order valence-corrected chi connectivity index (χ2v) is 6.48. The quantitative estimate of drug-likeness (QED) is 0.783. The van der Waals surface area contributed by atoms with Gasteiger partial charge in [0.25, 0.3) is 0 Å². The van der Waals surface area contributed by atoms with Crippen LogP contribution in [-0.4, -0.2) is 34.8 Å². The number of carbonyl (C=O) groups is 1. The van der Waals surface area contributed by atoms with Gasteiger partial charge in [0.15, 0.2) is 5.78 Å². The molecule has 0 aliphatic carbocycles. The molecule has 3 heteroatoms. The number of H-pyrrole nitrogens is 1. The lowest BCUT2D eigenvalue weighted by Gasteiger charge is -2.26. The molecule has 0 radical (unpaired) electrons. The Morgan fingerprint density at radius 3 is 2.52 bits per heavy atom. The van der Waals surface area contributed by atoms with Crippen LogP contribution in [0.5, 0.6) is 0 Å². The van der Waals surface area contributed by atoms with Gasteiger partial charge in [0.05, 0.1) is 6.04 Å². The molecule has 2 heterocycles. The Hall–Kier alpha value is -1.87. The van der Waals surface area contributed by atoms with Crippen molar-refractivity contribution in [2.75, 3.05) is 13.1 Å². The lowest BCUT2D eigenvalue weighted by molar-refractivity contribution is 0.0837. The predicted molar refractivity (Wildman–Crippen MR) is 93.9 cm³/mol. The Morgan fingerprint density at radius 2 is 1.91 bits per heavy atom. The van der Waals surface area contributed by atoms with Gasteiger partial charge < -0.3 is 4.98 Å². The fourth-order valence-corrected chi connectivity index (χ4v) is 3.48. The number of ketones is 1. The zero-order chi connectivity index (χ0) is 16.1. The number of hydrogen-bond acceptors (Lipinski definition) is 2. The molecule has 1 fully saturated rings. The van der Waals surface area contributed by atoms with E-state index in [2.05, 4.69) is 35.0 Å². The van der Waals surface area contributed by atoms with Crippen molar-refractivity contribution in [2.24, 2.45) is 0 Å². The van der Waals surface area contributed by atoms with E-state index in [1.165, 1.54) is 24.1 Å². The van der Waals surface area contributed by atoms with Crippen molar-refractivity contribution in [3.8, 4) is 0 Å². The summed E-state index contributed by atoms with van der Waals surface area (Å²) in [5.74, 6) is 0.292. The van der Waals surface area contributed by atoms with Crippen molar-refractivity contribution in [1.29, 1.82) is 0 Å². The molecule has 23 heavy (non-hydrogen) atoms. The van der Waals surface area contributed by atoms with E-state index in [0.717, 1.165) is 37.9 Å². The molecule has 1 aromatic heterocycles. The van der Waals surface area contributed by atoms with E-state index in [1.54, 1.807) is 0 Å². The molecule has 0 bridgehead atoms. The van der Waals surface area contributed by atoms with Gasteiger partial charge in [-0.05, 0) is 50.0 Å². The SMILES string of the molecule is CCCC(C(=O)c1ccc(Cc2ccc[nH]2)cc1)N1CCCC1. The maximum Gasteiger partial charge on any atom is 0.179 e. The van der Waals surface area contributed by atoms with Crippen LogP contribution in [0.15, 0.2) is 42.6 Å². The van der Waals surface area contributed by atoms with E-state index >= 15 is 0 Å². The van der Waals surface area contributed by atoms with Crippen molar-refractivity contribution in [3.05, 3.63) is 59.4 Å². The van der Waals surface area contributed by atoms with Gasteiger partial charge in [0, 0.05) is 23.9 Å². The van der Waals surface area contributed by atoms with Crippen LogP contribution in [0, 0.1) is 0 Å². The highest BCUT2D eigenvalue weighted by molar-refractivity contribution is 6.00. The molecule has 0 spiro atoms. The molecule has 3 rings (SSSR count). The highest BCUT2D eigenvalue weighted by Gasteiger charge is 2.27. The molecular formula is C20H26N2O. The van der Waals surface area contributed by atoms with E-state index in [1.807, 2.05) is 24.4 Å². The molecule has 0 saturated carbocycles. The molecule has 1 aliphatic rings. The summed E-state index contributed by atoms with van der Waals surface area (Å²) in [6, 6.07) is 12.3. The van der Waals surface area contributed by atoms with Crippen LogP contribution >= 0.6 is 0 Å². The van der Waals surface area contributed by atoms with Crippen LogP contribution in [0.4, 0.5) is 0 Å². The number of carbonyl (C=O) groups excluding carboxylic acids is 1. The number of aromatic amines is 1. The van der Waals surface area contributed by atoms with E-state index in [9.17, 15) is 4.79 Å². The standard InChI is InChI=1S/C20H26N2O/c1-2-6-19(22-13-3-4-14-22)20(23)17-10-8-16(9-11-17)15-18-7-5-12-21-18/h5,7-12,19,21H,2-4,6,13-15H2,1H3. The van der Waals surface area contributed by atoms with Crippen molar-refractivity contribution >= 4 is 5.78 Å². The Kier molecular flexibility index (Phi) is 5.29. The van der Waals surface area contributed by atoms with Crippen molar-refractivity contribution < 1.29 is 4.79 Å². The molecular weight excluding hydrogens is 284 g/mol. The summed E-state index contributed by atoms with van der Waals surface area (Å²) in [5.41, 5.74) is 3.29. The normalized spacial score (nSPS) is 16.6. The number of rotatable bonds is 7. The lowest BCUT2D eigenvalue weighted by atomic mass is 9.97. The summed E-state index contributed by atoms with van der Waals surface area (Å²) in [6.45, 7) is 4.30. The van der Waals surface area contributed by atoms with E-state index < -0.39 is 0 Å². The van der Waals surface area contributed by atoms with Gasteiger partial charge >= 0.3 is 0 Å². The minimum Gasteiger partial charge on any atom is -0.365 e. The fraction of sp³-hybridized carbons (Fsp3) is 0.450. The minimum atomic E-state index is 0.0664. The first kappa shape index (κ1) is 16.0. The van der Waals surface area contributed by atoms with Crippen molar-refractivity contribution in [2.45, 2.75) is 45.1 Å². The maximum absolute atomic E-state index is 12.9. The highest BCUT2D eigenvalue weighted by atomic mass is 16.1. The first-order chi connectivity index (χ1) is 11.3. The average molecular weight is 310 g/mol. The summed E-state index contributed by atoms with van der Waals surface area (Å²) in [5, 5.41) is 0. The summed E-state index contributed by atoms with van der Waals surface area (Å²) in [4.78, 5) is 18.5. The Labute approximate surface area is 138 Å². The first-order valence-corrected chi connectivity index (χ1v) is 8.77. The van der Waals surface area contributed by atoms with E-state index in [4.69, 9.17) is 0 Å². The second-order valence-electron chi connectivity index (χ2n) is 6.48. The van der Waals surface area contributed by atoms with E-state index in [-0.39, 0.29) is 6.04 Å². The minimum absolute atomic E-state index is 0.0664. The topological polar surface area (TPSA) is 36.1 Å². The molecule has 1 aromatic carbocycles. The molecule has 122 valence electrons. The Balaban J connectivity index is 1.70. The van der Waals surface area contributed by atoms with Gasteiger partial charge in [-0.2, -0.15) is 0 Å². The van der Waals surface area contributed by atoms with Gasteiger partial charge in [-0.15, -0.1) is 0 Å². The van der Waals surface area contributed by atoms with Crippen molar-refractivity contribution in [1.82, 2.24) is 9.88 Å². The molecule has 1 N–H and O–H groups in total. The van der Waals surface area contributed by atoms with Crippen LogP contribution in [-0.2, 0) is 6.42 Å². The Morgan fingerprint density at radius 1 is 1.17 bits per heavy atom. The summed E-state index contributed by atoms with van der Waals surface area (Å²) >= 11 is 0. The molecule has 2 aromatic rings. The Bertz CT molecular complexity index is 610. The molecule has 0 amide bonds. The fourth-order valence-electron chi connectivity index (χ4n) is 3.48. The third-order valence-corrected chi connectivity index (χ3v) is 4.74. The number of aromatic nitrogens is 1. The third-order valence-electron chi connectivity index (χ3n) is 4.74. The molecule has 1 atom stereocenters. The van der Waals surface area contributed by atoms with Crippen LogP contribution in [0.2, 0.25) is 0 Å². The highest BCUT2D eigenvalue weighted by Crippen LogP contribution is 2.20. The second kappa shape index (κ2) is 7.60. The lowest BCUT2D eigenvalue weighted by Crippen LogP contribution is -2.39. The number of Topliss-reactive ketones (excluding diaryl/α,β-unsaturated/α-hetero) is 1. The van der Waals surface area contributed by atoms with Crippen molar-refractivity contribution in [3.63, 3.8) is 0 Å². The number of nitrogens with one attached hydrogen (secondary N) is 1. The maximum atomic E-state index is 12.9. The van der Waals surface area contributed by atoms with Gasteiger partial charge in [0.2, 0.25) is 0 Å². The number of nitrogens with zero attached hydrogens (tertiary/aromatic N) is 1. The molecule has 1 aliphatic heterocycles. The first-order valence-electron chi connectivity index (χ1n) is 8.77. The zero-order valence-electron chi connectivity index (χ0n) is 13.9. The third kappa shape index (κ3) is 3.91. The molecule has 3 nitrogen and oxygen atoms in total. The number of benzene rings is 1.